The van der Waals surface area contributed by atoms with Gasteiger partial charge in [0.25, 0.3) is 5.69 Å². The minimum atomic E-state index is -3.54. The summed E-state index contributed by atoms with van der Waals surface area (Å²) in [5.74, 6) is 0. The highest BCUT2D eigenvalue weighted by atomic mass is 32.2. The van der Waals surface area contributed by atoms with Crippen LogP contribution in [0.5, 0.6) is 0 Å². The second kappa shape index (κ2) is 6.21. The van der Waals surface area contributed by atoms with E-state index in [1.807, 2.05) is 0 Å². The maximum Gasteiger partial charge on any atom is 0.270 e. The van der Waals surface area contributed by atoms with E-state index in [1.54, 1.807) is 0 Å². The zero-order valence-electron chi connectivity index (χ0n) is 12.9. The van der Waals surface area contributed by atoms with Gasteiger partial charge in [-0.15, -0.1) is 0 Å². The van der Waals surface area contributed by atoms with Crippen LogP contribution >= 0.6 is 0 Å². The Labute approximate surface area is 130 Å². The zero-order valence-corrected chi connectivity index (χ0v) is 13.8. The lowest BCUT2D eigenvalue weighted by atomic mass is 10.2. The van der Waals surface area contributed by atoms with Crippen molar-refractivity contribution >= 4 is 21.2 Å². The molecule has 1 unspecified atom stereocenters. The van der Waals surface area contributed by atoms with Gasteiger partial charge in [-0.3, -0.25) is 15.0 Å². The van der Waals surface area contributed by atoms with Crippen LogP contribution in [0, 0.1) is 10.1 Å². The van der Waals surface area contributed by atoms with Crippen molar-refractivity contribution < 1.29 is 13.3 Å². The molecule has 0 heterocycles. The standard InChI is InChI=1S/C14H21N3O4S/c1-10(16(2)11-4-5-11)9-15-13-7-6-12(17(18)19)8-14(13)22(3,20)21/h6-8,10-11,15H,4-5,9H2,1-3H3. The smallest absolute Gasteiger partial charge is 0.270 e. The Kier molecular flexibility index (Phi) is 4.72. The molecule has 122 valence electrons. The van der Waals surface area contributed by atoms with E-state index in [1.165, 1.54) is 25.0 Å². The van der Waals surface area contributed by atoms with Gasteiger partial charge in [-0.1, -0.05) is 0 Å². The molecule has 0 saturated heterocycles. The number of benzene rings is 1. The summed E-state index contributed by atoms with van der Waals surface area (Å²) in [6.07, 6.45) is 3.46. The van der Waals surface area contributed by atoms with Crippen LogP contribution in [0.3, 0.4) is 0 Å². The van der Waals surface area contributed by atoms with Crippen LogP contribution in [0.1, 0.15) is 19.8 Å². The largest absolute Gasteiger partial charge is 0.382 e. The summed E-state index contributed by atoms with van der Waals surface area (Å²) in [4.78, 5) is 12.4. The average Bonchev–Trinajstić information content (AvgIpc) is 3.27. The number of anilines is 1. The Balaban J connectivity index is 2.17. The maximum absolute atomic E-state index is 11.9. The number of sulfone groups is 1. The molecule has 0 radical (unpaired) electrons. The Morgan fingerprint density at radius 3 is 2.59 bits per heavy atom. The number of hydrogen-bond donors (Lipinski definition) is 1. The Bertz CT molecular complexity index is 671. The van der Waals surface area contributed by atoms with Gasteiger partial charge in [-0.05, 0) is 32.9 Å². The summed E-state index contributed by atoms with van der Waals surface area (Å²) in [5, 5.41) is 13.9. The normalized spacial score (nSPS) is 16.5. The van der Waals surface area contributed by atoms with Gasteiger partial charge in [0, 0.05) is 37.0 Å². The number of likely N-dealkylation sites (N-methyl/N-ethyl adjacent to an activating group) is 1. The van der Waals surface area contributed by atoms with E-state index in [9.17, 15) is 18.5 Å². The third kappa shape index (κ3) is 3.95. The molecular formula is C14H21N3O4S. The first-order valence-electron chi connectivity index (χ1n) is 7.14. The average molecular weight is 327 g/mol. The molecular weight excluding hydrogens is 306 g/mol. The van der Waals surface area contributed by atoms with Crippen molar-refractivity contribution in [2.45, 2.75) is 36.7 Å². The van der Waals surface area contributed by atoms with E-state index < -0.39 is 14.8 Å². The van der Waals surface area contributed by atoms with Gasteiger partial charge in [0.2, 0.25) is 0 Å². The maximum atomic E-state index is 11.9. The van der Waals surface area contributed by atoms with Crippen molar-refractivity contribution in [1.82, 2.24) is 4.90 Å². The van der Waals surface area contributed by atoms with Crippen molar-refractivity contribution in [1.29, 1.82) is 0 Å². The van der Waals surface area contributed by atoms with E-state index in [-0.39, 0.29) is 16.6 Å². The molecule has 22 heavy (non-hydrogen) atoms. The van der Waals surface area contributed by atoms with Crippen LogP contribution in [0.25, 0.3) is 0 Å². The first-order valence-corrected chi connectivity index (χ1v) is 9.03. The van der Waals surface area contributed by atoms with Crippen molar-refractivity contribution in [3.63, 3.8) is 0 Å². The van der Waals surface area contributed by atoms with Gasteiger partial charge in [0.15, 0.2) is 9.84 Å². The van der Waals surface area contributed by atoms with E-state index in [0.717, 1.165) is 12.3 Å². The fraction of sp³-hybridized carbons (Fsp3) is 0.571. The first-order chi connectivity index (χ1) is 10.2. The summed E-state index contributed by atoms with van der Waals surface area (Å²) < 4.78 is 23.7. The number of hydrogen-bond acceptors (Lipinski definition) is 6. The summed E-state index contributed by atoms with van der Waals surface area (Å²) >= 11 is 0. The molecule has 0 aromatic heterocycles. The predicted octanol–water partition coefficient (Wildman–Crippen LogP) is 1.89. The molecule has 1 aliphatic rings. The molecule has 0 spiro atoms. The van der Waals surface area contributed by atoms with Crippen molar-refractivity contribution in [2.24, 2.45) is 0 Å². The topological polar surface area (TPSA) is 92.5 Å². The Hall–Kier alpha value is -1.67. The molecule has 1 aliphatic carbocycles. The highest BCUT2D eigenvalue weighted by Gasteiger charge is 2.29. The molecule has 0 amide bonds. The van der Waals surface area contributed by atoms with Gasteiger partial charge in [-0.2, -0.15) is 0 Å². The number of rotatable bonds is 7. The SMILES string of the molecule is CC(CNc1ccc([N+](=O)[O-])cc1S(C)(=O)=O)N(C)C1CC1. The fourth-order valence-corrected chi connectivity index (χ4v) is 3.20. The summed E-state index contributed by atoms with van der Waals surface area (Å²) in [6, 6.07) is 4.73. The van der Waals surface area contributed by atoms with Crippen molar-refractivity contribution in [2.75, 3.05) is 25.2 Å². The predicted molar refractivity (Wildman–Crippen MR) is 84.9 cm³/mol. The van der Waals surface area contributed by atoms with Crippen LogP contribution in [0.4, 0.5) is 11.4 Å². The number of nitrogens with one attached hydrogen (secondary N) is 1. The Morgan fingerprint density at radius 2 is 2.09 bits per heavy atom. The molecule has 0 bridgehead atoms. The fourth-order valence-electron chi connectivity index (χ4n) is 2.32. The van der Waals surface area contributed by atoms with Crippen LogP contribution < -0.4 is 5.32 Å². The van der Waals surface area contributed by atoms with Crippen molar-refractivity contribution in [3.05, 3.63) is 28.3 Å². The van der Waals surface area contributed by atoms with Gasteiger partial charge in [0.1, 0.15) is 0 Å². The van der Waals surface area contributed by atoms with Crippen LogP contribution in [-0.4, -0.2) is 50.2 Å². The molecule has 8 heteroatoms. The Morgan fingerprint density at radius 1 is 1.45 bits per heavy atom. The van der Waals surface area contributed by atoms with E-state index >= 15 is 0 Å². The van der Waals surface area contributed by atoms with Gasteiger partial charge in [0.05, 0.1) is 15.5 Å². The second-order valence-electron chi connectivity index (χ2n) is 5.84. The first kappa shape index (κ1) is 16.7. The van der Waals surface area contributed by atoms with E-state index in [2.05, 4.69) is 24.2 Å². The number of nitro groups is 1. The quantitative estimate of drug-likeness (QED) is 0.607. The van der Waals surface area contributed by atoms with Crippen LogP contribution in [-0.2, 0) is 9.84 Å². The molecule has 1 atom stereocenters. The molecule has 1 fully saturated rings. The lowest BCUT2D eigenvalue weighted by Gasteiger charge is -2.25. The third-order valence-corrected chi connectivity index (χ3v) is 5.12. The van der Waals surface area contributed by atoms with Crippen LogP contribution in [0.15, 0.2) is 23.1 Å². The number of nitro benzene ring substituents is 1. The summed E-state index contributed by atoms with van der Waals surface area (Å²) in [6.45, 7) is 2.64. The lowest BCUT2D eigenvalue weighted by Crippen LogP contribution is -2.36. The summed E-state index contributed by atoms with van der Waals surface area (Å²) in [7, 11) is -1.49. The van der Waals surface area contributed by atoms with Gasteiger partial charge in [-0.25, -0.2) is 8.42 Å². The summed E-state index contributed by atoms with van der Waals surface area (Å²) in [5.41, 5.74) is 0.179. The van der Waals surface area contributed by atoms with Crippen molar-refractivity contribution in [3.8, 4) is 0 Å². The monoisotopic (exact) mass is 327 g/mol. The molecule has 1 aromatic carbocycles. The molecule has 1 N–H and O–H groups in total. The minimum Gasteiger partial charge on any atom is -0.382 e. The number of nitrogens with zero attached hydrogens (tertiary/aromatic N) is 2. The molecule has 1 saturated carbocycles. The molecule has 1 aromatic rings. The van der Waals surface area contributed by atoms with Crippen LogP contribution in [0.2, 0.25) is 0 Å². The molecule has 7 nitrogen and oxygen atoms in total. The number of non-ortho nitro benzene ring substituents is 1. The van der Waals surface area contributed by atoms with E-state index in [0.29, 0.717) is 18.3 Å². The third-order valence-electron chi connectivity index (χ3n) is 3.98. The van der Waals surface area contributed by atoms with E-state index in [4.69, 9.17) is 0 Å². The molecule has 0 aliphatic heterocycles. The highest BCUT2D eigenvalue weighted by molar-refractivity contribution is 7.90. The highest BCUT2D eigenvalue weighted by Crippen LogP contribution is 2.28. The zero-order chi connectivity index (χ0) is 16.5. The second-order valence-corrected chi connectivity index (χ2v) is 7.82. The lowest BCUT2D eigenvalue weighted by molar-refractivity contribution is -0.385. The minimum absolute atomic E-state index is 0.0389. The van der Waals surface area contributed by atoms with Gasteiger partial charge >= 0.3 is 0 Å². The molecule has 2 rings (SSSR count). The van der Waals surface area contributed by atoms with Gasteiger partial charge < -0.3 is 5.32 Å².